The summed E-state index contributed by atoms with van der Waals surface area (Å²) < 4.78 is 11.0. The molecule has 1 aliphatic carbocycles. The molecule has 4 rings (SSSR count). The molecule has 0 radical (unpaired) electrons. The molecule has 0 bridgehead atoms. The van der Waals surface area contributed by atoms with Gasteiger partial charge < -0.3 is 14.8 Å². The molecule has 6 nitrogen and oxygen atoms in total. The number of fused-ring (bicyclic) bond motifs is 1. The van der Waals surface area contributed by atoms with Crippen molar-refractivity contribution in [2.75, 3.05) is 19.0 Å². The van der Waals surface area contributed by atoms with Crippen molar-refractivity contribution < 1.29 is 14.3 Å². The number of carbonyl (C=O) groups is 1. The Morgan fingerprint density at radius 3 is 2.52 bits per heavy atom. The van der Waals surface area contributed by atoms with Crippen molar-refractivity contribution in [3.05, 3.63) is 71.3 Å². The third-order valence-electron chi connectivity index (χ3n) is 5.36. The van der Waals surface area contributed by atoms with E-state index in [1.165, 1.54) is 0 Å². The molecule has 1 N–H and O–H groups in total. The van der Waals surface area contributed by atoms with Crippen molar-refractivity contribution in [2.45, 2.75) is 25.7 Å². The first-order valence-electron chi connectivity index (χ1n) is 10.3. The summed E-state index contributed by atoms with van der Waals surface area (Å²) in [5.74, 6) is 0.415. The Morgan fingerprint density at radius 2 is 1.77 bits per heavy atom. The highest BCUT2D eigenvalue weighted by Crippen LogP contribution is 2.36. The lowest BCUT2D eigenvalue weighted by Gasteiger charge is -2.22. The maximum atomic E-state index is 12.5. The maximum absolute atomic E-state index is 12.5. The van der Waals surface area contributed by atoms with Crippen LogP contribution in [0.25, 0.3) is 11.3 Å². The van der Waals surface area contributed by atoms with Crippen LogP contribution in [0, 0.1) is 11.3 Å². The van der Waals surface area contributed by atoms with E-state index in [0.717, 1.165) is 48.1 Å². The van der Waals surface area contributed by atoms with Gasteiger partial charge in [0.1, 0.15) is 17.4 Å². The topological polar surface area (TPSA) is 84.2 Å². The van der Waals surface area contributed by atoms with E-state index in [2.05, 4.69) is 11.4 Å². The first kappa shape index (κ1) is 20.4. The van der Waals surface area contributed by atoms with Gasteiger partial charge in [-0.1, -0.05) is 42.5 Å². The van der Waals surface area contributed by atoms with Crippen LogP contribution in [0.3, 0.4) is 0 Å². The third-order valence-corrected chi connectivity index (χ3v) is 5.36. The Bertz CT molecular complexity index is 1140. The molecule has 1 amide bonds. The largest absolute Gasteiger partial charge is 0.495 e. The third kappa shape index (κ3) is 4.36. The van der Waals surface area contributed by atoms with Gasteiger partial charge in [0.15, 0.2) is 6.61 Å². The van der Waals surface area contributed by atoms with Gasteiger partial charge in [0.05, 0.1) is 18.5 Å². The molecule has 0 fully saturated rings. The Labute approximate surface area is 181 Å². The zero-order valence-corrected chi connectivity index (χ0v) is 17.4. The van der Waals surface area contributed by atoms with Crippen molar-refractivity contribution in [1.82, 2.24) is 4.98 Å². The number of benzene rings is 2. The van der Waals surface area contributed by atoms with Crippen molar-refractivity contribution >= 4 is 11.6 Å². The molecule has 1 heterocycles. The predicted octanol–water partition coefficient (Wildman–Crippen LogP) is 4.53. The molecule has 1 aromatic heterocycles. The van der Waals surface area contributed by atoms with Gasteiger partial charge in [0.25, 0.3) is 5.91 Å². The minimum absolute atomic E-state index is 0.206. The van der Waals surface area contributed by atoms with Crippen molar-refractivity contribution in [2.24, 2.45) is 0 Å². The van der Waals surface area contributed by atoms with E-state index < -0.39 is 0 Å². The average molecular weight is 413 g/mol. The number of nitrogens with one attached hydrogen (secondary N) is 1. The second-order valence-corrected chi connectivity index (χ2v) is 7.32. The number of aromatic nitrogens is 1. The van der Waals surface area contributed by atoms with Gasteiger partial charge in [-0.05, 0) is 48.9 Å². The van der Waals surface area contributed by atoms with E-state index in [9.17, 15) is 10.1 Å². The van der Waals surface area contributed by atoms with Crippen LogP contribution in [0.2, 0.25) is 0 Å². The predicted molar refractivity (Wildman–Crippen MR) is 118 cm³/mol. The van der Waals surface area contributed by atoms with E-state index in [0.29, 0.717) is 17.0 Å². The van der Waals surface area contributed by atoms with Crippen LogP contribution in [-0.2, 0) is 17.6 Å². The molecule has 0 saturated heterocycles. The summed E-state index contributed by atoms with van der Waals surface area (Å²) in [6.07, 6.45) is 3.79. The normalized spacial score (nSPS) is 12.4. The number of para-hydroxylation sites is 2. The number of nitrogens with zero attached hydrogens (tertiary/aromatic N) is 2. The average Bonchev–Trinajstić information content (AvgIpc) is 2.83. The summed E-state index contributed by atoms with van der Waals surface area (Å²) in [6, 6.07) is 19.3. The summed E-state index contributed by atoms with van der Waals surface area (Å²) in [4.78, 5) is 17.2. The van der Waals surface area contributed by atoms with Gasteiger partial charge in [0, 0.05) is 5.56 Å². The molecule has 3 aromatic rings. The second kappa shape index (κ2) is 9.31. The molecule has 0 unspecified atom stereocenters. The zero-order valence-electron chi connectivity index (χ0n) is 17.4. The quantitative estimate of drug-likeness (QED) is 0.642. The fourth-order valence-corrected chi connectivity index (χ4v) is 3.92. The molecule has 0 spiro atoms. The highest BCUT2D eigenvalue weighted by Gasteiger charge is 2.24. The lowest BCUT2D eigenvalue weighted by Crippen LogP contribution is -2.22. The minimum atomic E-state index is -0.353. The summed E-state index contributed by atoms with van der Waals surface area (Å²) in [7, 11) is 1.54. The monoisotopic (exact) mass is 413 g/mol. The van der Waals surface area contributed by atoms with Crippen LogP contribution in [0.4, 0.5) is 5.69 Å². The zero-order chi connectivity index (χ0) is 21.6. The van der Waals surface area contributed by atoms with Crippen molar-refractivity contribution in [1.29, 1.82) is 5.26 Å². The van der Waals surface area contributed by atoms with Crippen LogP contribution < -0.4 is 14.8 Å². The lowest BCUT2D eigenvalue weighted by atomic mass is 9.86. The molecule has 6 heteroatoms. The SMILES string of the molecule is COc1ccccc1NC(=O)COc1nc(-c2ccccc2)c2c(c1C#N)CCCC2. The fourth-order valence-electron chi connectivity index (χ4n) is 3.92. The summed E-state index contributed by atoms with van der Waals surface area (Å²) in [5, 5.41) is 12.6. The Hall–Kier alpha value is -3.85. The molecule has 31 heavy (non-hydrogen) atoms. The van der Waals surface area contributed by atoms with Gasteiger partial charge in [0.2, 0.25) is 5.88 Å². The number of anilines is 1. The van der Waals surface area contributed by atoms with Crippen LogP contribution in [-0.4, -0.2) is 24.6 Å². The number of rotatable bonds is 6. The Kier molecular flexibility index (Phi) is 6.13. The molecule has 0 atom stereocenters. The van der Waals surface area contributed by atoms with Gasteiger partial charge in [-0.25, -0.2) is 4.98 Å². The Balaban J connectivity index is 1.62. The molecule has 156 valence electrons. The highest BCUT2D eigenvalue weighted by molar-refractivity contribution is 5.93. The maximum Gasteiger partial charge on any atom is 0.262 e. The van der Waals surface area contributed by atoms with Crippen LogP contribution >= 0.6 is 0 Å². The lowest BCUT2D eigenvalue weighted by molar-refractivity contribution is -0.118. The molecule has 0 aliphatic heterocycles. The van der Waals surface area contributed by atoms with Crippen LogP contribution in [0.5, 0.6) is 11.6 Å². The number of ether oxygens (including phenoxy) is 2. The summed E-state index contributed by atoms with van der Waals surface area (Å²) in [6.45, 7) is -0.257. The molecular weight excluding hydrogens is 390 g/mol. The first-order chi connectivity index (χ1) is 15.2. The second-order valence-electron chi connectivity index (χ2n) is 7.32. The first-order valence-corrected chi connectivity index (χ1v) is 10.3. The fraction of sp³-hybridized carbons (Fsp3) is 0.240. The van der Waals surface area contributed by atoms with Crippen molar-refractivity contribution in [3.8, 4) is 29.0 Å². The molecule has 0 saturated carbocycles. The molecule has 2 aromatic carbocycles. The smallest absolute Gasteiger partial charge is 0.262 e. The number of hydrogen-bond donors (Lipinski definition) is 1. The number of methoxy groups -OCH3 is 1. The molecular formula is C25H23N3O3. The van der Waals surface area contributed by atoms with Crippen LogP contribution in [0.15, 0.2) is 54.6 Å². The number of hydrogen-bond acceptors (Lipinski definition) is 5. The Morgan fingerprint density at radius 1 is 1.06 bits per heavy atom. The summed E-state index contributed by atoms with van der Waals surface area (Å²) in [5.41, 5.74) is 4.90. The number of nitriles is 1. The number of pyridine rings is 1. The minimum Gasteiger partial charge on any atom is -0.495 e. The van der Waals surface area contributed by atoms with Gasteiger partial charge in [-0.3, -0.25) is 4.79 Å². The highest BCUT2D eigenvalue weighted by atomic mass is 16.5. The van der Waals surface area contributed by atoms with Gasteiger partial charge >= 0.3 is 0 Å². The van der Waals surface area contributed by atoms with E-state index in [-0.39, 0.29) is 18.4 Å². The van der Waals surface area contributed by atoms with Gasteiger partial charge in [-0.2, -0.15) is 5.26 Å². The van der Waals surface area contributed by atoms with E-state index in [4.69, 9.17) is 14.5 Å². The number of amides is 1. The van der Waals surface area contributed by atoms with Crippen LogP contribution in [0.1, 0.15) is 29.5 Å². The van der Waals surface area contributed by atoms with E-state index >= 15 is 0 Å². The van der Waals surface area contributed by atoms with E-state index in [1.54, 1.807) is 19.2 Å². The number of carbonyl (C=O) groups excluding carboxylic acids is 1. The van der Waals surface area contributed by atoms with Crippen molar-refractivity contribution in [3.63, 3.8) is 0 Å². The van der Waals surface area contributed by atoms with E-state index in [1.807, 2.05) is 42.5 Å². The summed E-state index contributed by atoms with van der Waals surface area (Å²) >= 11 is 0. The van der Waals surface area contributed by atoms with Gasteiger partial charge in [-0.15, -0.1) is 0 Å². The molecule has 1 aliphatic rings. The standard InChI is InChI=1S/C25H23N3O3/c1-30-22-14-8-7-13-21(22)27-23(29)16-31-25-20(15-26)18-11-5-6-12-19(18)24(28-25)17-9-3-2-4-10-17/h2-4,7-10,13-14H,5-6,11-12,16H2,1H3,(H,27,29).